The summed E-state index contributed by atoms with van der Waals surface area (Å²) in [5.41, 5.74) is 4.38. The van der Waals surface area contributed by atoms with Crippen LogP contribution in [-0.4, -0.2) is 49.4 Å². The summed E-state index contributed by atoms with van der Waals surface area (Å²) in [5.74, 6) is 1.03. The lowest BCUT2D eigenvalue weighted by Crippen LogP contribution is -2.15. The van der Waals surface area contributed by atoms with Crippen molar-refractivity contribution in [2.45, 2.75) is 38.9 Å². The highest BCUT2D eigenvalue weighted by Gasteiger charge is 2.20. The normalized spacial score (nSPS) is 12.7. The SMILES string of the molecule is COCC(C)n1c(C)cc(C(=O)CSc2nc3ccccc3c3nc(C)nn23)c1C. The Labute approximate surface area is 179 Å². The molecular formula is C22H25N5O2S. The van der Waals surface area contributed by atoms with Crippen molar-refractivity contribution in [3.8, 4) is 0 Å². The maximum absolute atomic E-state index is 13.1. The molecule has 156 valence electrons. The first-order chi connectivity index (χ1) is 14.4. The number of hydrogen-bond donors (Lipinski definition) is 0. The highest BCUT2D eigenvalue weighted by atomic mass is 32.2. The maximum atomic E-state index is 13.1. The Morgan fingerprint density at radius 3 is 2.73 bits per heavy atom. The molecule has 0 aliphatic rings. The standard InChI is InChI=1S/C22H25N5O2S/c1-13-10-18(15(3)26(13)14(2)11-29-5)20(28)12-30-22-24-19-9-7-6-8-17(19)21-23-16(4)25-27(21)22/h6-10,14H,11-12H2,1-5H3. The maximum Gasteiger partial charge on any atom is 0.192 e. The number of methoxy groups -OCH3 is 1. The van der Waals surface area contributed by atoms with Crippen LogP contribution in [0.5, 0.6) is 0 Å². The first-order valence-electron chi connectivity index (χ1n) is 9.86. The van der Waals surface area contributed by atoms with Gasteiger partial charge in [-0.3, -0.25) is 4.79 Å². The molecule has 0 amide bonds. The molecule has 3 heterocycles. The van der Waals surface area contributed by atoms with Crippen molar-refractivity contribution < 1.29 is 9.53 Å². The van der Waals surface area contributed by atoms with E-state index >= 15 is 0 Å². The molecule has 0 saturated carbocycles. The molecule has 0 fully saturated rings. The molecule has 7 nitrogen and oxygen atoms in total. The fraction of sp³-hybridized carbons (Fsp3) is 0.364. The third kappa shape index (κ3) is 3.61. The molecule has 0 radical (unpaired) electrons. The van der Waals surface area contributed by atoms with E-state index in [1.165, 1.54) is 11.8 Å². The number of ether oxygens (including phenoxy) is 1. The summed E-state index contributed by atoms with van der Waals surface area (Å²) < 4.78 is 9.18. The number of rotatable bonds is 7. The molecule has 0 spiro atoms. The van der Waals surface area contributed by atoms with Crippen molar-refractivity contribution in [3.05, 3.63) is 53.1 Å². The van der Waals surface area contributed by atoms with Crippen molar-refractivity contribution in [3.63, 3.8) is 0 Å². The third-order valence-electron chi connectivity index (χ3n) is 5.22. The Morgan fingerprint density at radius 2 is 1.97 bits per heavy atom. The molecule has 0 bridgehead atoms. The van der Waals surface area contributed by atoms with Gasteiger partial charge in [0.25, 0.3) is 0 Å². The largest absolute Gasteiger partial charge is 0.383 e. The molecule has 4 aromatic rings. The van der Waals surface area contributed by atoms with Crippen LogP contribution >= 0.6 is 11.8 Å². The van der Waals surface area contributed by atoms with Crippen molar-refractivity contribution in [1.82, 2.24) is 24.1 Å². The van der Waals surface area contributed by atoms with Crippen LogP contribution in [0.25, 0.3) is 16.6 Å². The number of ketones is 1. The number of fused-ring (bicyclic) bond motifs is 3. The van der Waals surface area contributed by atoms with Gasteiger partial charge in [0.2, 0.25) is 0 Å². The molecule has 3 aromatic heterocycles. The zero-order valence-electron chi connectivity index (χ0n) is 17.8. The molecule has 1 unspecified atom stereocenters. The molecule has 0 aliphatic carbocycles. The average Bonchev–Trinajstić information content (AvgIpc) is 3.25. The number of carbonyl (C=O) groups excluding carboxylic acids is 1. The summed E-state index contributed by atoms with van der Waals surface area (Å²) in [6.07, 6.45) is 0. The zero-order chi connectivity index (χ0) is 21.4. The van der Waals surface area contributed by atoms with Gasteiger partial charge in [0, 0.05) is 29.4 Å². The van der Waals surface area contributed by atoms with Gasteiger partial charge >= 0.3 is 0 Å². The number of aromatic nitrogens is 5. The predicted molar refractivity (Wildman–Crippen MR) is 119 cm³/mol. The summed E-state index contributed by atoms with van der Waals surface area (Å²) >= 11 is 1.39. The molecule has 4 rings (SSSR count). The highest BCUT2D eigenvalue weighted by molar-refractivity contribution is 7.99. The van der Waals surface area contributed by atoms with Crippen molar-refractivity contribution in [1.29, 1.82) is 0 Å². The minimum absolute atomic E-state index is 0.0731. The summed E-state index contributed by atoms with van der Waals surface area (Å²) in [7, 11) is 1.69. The summed E-state index contributed by atoms with van der Waals surface area (Å²) in [6, 6.07) is 9.99. The number of thioether (sulfide) groups is 1. The van der Waals surface area contributed by atoms with Crippen LogP contribution in [0.4, 0.5) is 0 Å². The van der Waals surface area contributed by atoms with E-state index in [4.69, 9.17) is 9.72 Å². The van der Waals surface area contributed by atoms with Crippen molar-refractivity contribution in [2.24, 2.45) is 0 Å². The third-order valence-corrected chi connectivity index (χ3v) is 6.15. The number of aryl methyl sites for hydroxylation is 2. The minimum atomic E-state index is 0.0731. The van der Waals surface area contributed by atoms with Gasteiger partial charge in [0.15, 0.2) is 16.6 Å². The van der Waals surface area contributed by atoms with Gasteiger partial charge in [-0.2, -0.15) is 4.52 Å². The fourth-order valence-corrected chi connectivity index (χ4v) is 4.82. The molecule has 1 aromatic carbocycles. The first kappa shape index (κ1) is 20.6. The van der Waals surface area contributed by atoms with Gasteiger partial charge in [-0.05, 0) is 45.9 Å². The summed E-state index contributed by atoms with van der Waals surface area (Å²) in [5, 5.41) is 6.10. The second-order valence-corrected chi connectivity index (χ2v) is 8.42. The number of para-hydroxylation sites is 1. The van der Waals surface area contributed by atoms with E-state index in [0.29, 0.717) is 17.6 Å². The molecule has 30 heavy (non-hydrogen) atoms. The van der Waals surface area contributed by atoms with Gasteiger partial charge in [-0.25, -0.2) is 9.97 Å². The highest BCUT2D eigenvalue weighted by Crippen LogP contribution is 2.26. The van der Waals surface area contributed by atoms with Crippen LogP contribution in [0, 0.1) is 20.8 Å². The van der Waals surface area contributed by atoms with Crippen LogP contribution in [0.1, 0.15) is 40.5 Å². The van der Waals surface area contributed by atoms with Gasteiger partial charge in [0.1, 0.15) is 5.82 Å². The van der Waals surface area contributed by atoms with Crippen LogP contribution in [-0.2, 0) is 4.74 Å². The number of hydrogen-bond acceptors (Lipinski definition) is 6. The van der Waals surface area contributed by atoms with Crippen LogP contribution in [0.3, 0.4) is 0 Å². The molecule has 1 atom stereocenters. The molecule has 0 aliphatic heterocycles. The molecular weight excluding hydrogens is 398 g/mol. The lowest BCUT2D eigenvalue weighted by molar-refractivity contribution is 0.102. The van der Waals surface area contributed by atoms with Crippen LogP contribution < -0.4 is 0 Å². The predicted octanol–water partition coefficient (Wildman–Crippen LogP) is 4.19. The Hall–Kier alpha value is -2.71. The second-order valence-electron chi connectivity index (χ2n) is 7.48. The second kappa shape index (κ2) is 8.20. The first-order valence-corrected chi connectivity index (χ1v) is 10.8. The fourth-order valence-electron chi connectivity index (χ4n) is 3.99. The molecule has 0 N–H and O–H groups in total. The minimum Gasteiger partial charge on any atom is -0.383 e. The van der Waals surface area contributed by atoms with Gasteiger partial charge in [-0.1, -0.05) is 23.9 Å². The lowest BCUT2D eigenvalue weighted by Gasteiger charge is -2.17. The van der Waals surface area contributed by atoms with E-state index in [2.05, 4.69) is 21.6 Å². The number of nitrogens with zero attached hydrogens (tertiary/aromatic N) is 5. The number of Topliss-reactive ketones (excluding diaryl/α,β-unsaturated/α-hetero) is 1. The topological polar surface area (TPSA) is 74.3 Å². The van der Waals surface area contributed by atoms with Gasteiger partial charge < -0.3 is 9.30 Å². The van der Waals surface area contributed by atoms with E-state index in [-0.39, 0.29) is 17.6 Å². The lowest BCUT2D eigenvalue weighted by atomic mass is 10.2. The Bertz CT molecular complexity index is 1240. The average molecular weight is 424 g/mol. The smallest absolute Gasteiger partial charge is 0.192 e. The molecule has 8 heteroatoms. The van der Waals surface area contributed by atoms with E-state index < -0.39 is 0 Å². The van der Waals surface area contributed by atoms with E-state index in [1.54, 1.807) is 11.6 Å². The number of carbonyl (C=O) groups is 1. The van der Waals surface area contributed by atoms with Crippen LogP contribution in [0.15, 0.2) is 35.5 Å². The zero-order valence-corrected chi connectivity index (χ0v) is 18.7. The monoisotopic (exact) mass is 423 g/mol. The van der Waals surface area contributed by atoms with Gasteiger partial charge in [0.05, 0.1) is 23.9 Å². The summed E-state index contributed by atoms with van der Waals surface area (Å²) in [4.78, 5) is 22.3. The number of benzene rings is 1. The quantitative estimate of drug-likeness (QED) is 0.252. The Balaban J connectivity index is 1.63. The van der Waals surface area contributed by atoms with Crippen molar-refractivity contribution in [2.75, 3.05) is 19.5 Å². The van der Waals surface area contributed by atoms with Crippen molar-refractivity contribution >= 4 is 34.1 Å². The molecule has 0 saturated heterocycles. The summed E-state index contributed by atoms with van der Waals surface area (Å²) in [6.45, 7) is 8.57. The Morgan fingerprint density at radius 1 is 1.20 bits per heavy atom. The van der Waals surface area contributed by atoms with E-state index in [0.717, 1.165) is 33.5 Å². The van der Waals surface area contributed by atoms with Gasteiger partial charge in [-0.15, -0.1) is 5.10 Å². The van der Waals surface area contributed by atoms with E-state index in [9.17, 15) is 4.79 Å². The van der Waals surface area contributed by atoms with Crippen LogP contribution in [0.2, 0.25) is 0 Å². The Kier molecular flexibility index (Phi) is 5.62. The van der Waals surface area contributed by atoms with E-state index in [1.807, 2.05) is 51.1 Å².